The minimum Gasteiger partial charge on any atom is -0.466 e. The average Bonchev–Trinajstić information content (AvgIpc) is 3.96. The SMILES string of the molecule is CCOC(=O)CCCCCCc1cccc(C(Cc2ccccc2)(NC(=O)NC2CCCC2)c2cc(F)cc(C(F)(F)F)c2)c1.CCOC(=O)CCCCCCc1cccc(C(N)(Cc2ccccc2)c2cc(F)cc(C(F)(F)F)c2)c1. The average molecular weight is 1140 g/mol. The number of alkyl halides is 6. The van der Waals surface area contributed by atoms with Gasteiger partial charge in [0.05, 0.1) is 35.4 Å². The first-order chi connectivity index (χ1) is 39.2. The van der Waals surface area contributed by atoms with Gasteiger partial charge in [0, 0.05) is 25.3 Å². The van der Waals surface area contributed by atoms with Crippen molar-refractivity contribution in [3.05, 3.63) is 213 Å². The number of amides is 2. The maximum absolute atomic E-state index is 15.0. The zero-order valence-electron chi connectivity index (χ0n) is 46.7. The number of carbonyl (C=O) groups excluding carboxylic acids is 3. The first-order valence-electron chi connectivity index (χ1n) is 28.4. The molecule has 6 aromatic carbocycles. The molecule has 0 radical (unpaired) electrons. The summed E-state index contributed by atoms with van der Waals surface area (Å²) in [6.07, 6.45) is 3.51. The van der Waals surface area contributed by atoms with Gasteiger partial charge in [-0.15, -0.1) is 0 Å². The summed E-state index contributed by atoms with van der Waals surface area (Å²) in [6.45, 7) is 4.31. The van der Waals surface area contributed by atoms with Crippen molar-refractivity contribution < 1.29 is 59.0 Å². The second-order valence-electron chi connectivity index (χ2n) is 21.1. The summed E-state index contributed by atoms with van der Waals surface area (Å²) in [4.78, 5) is 36.7. The first-order valence-corrected chi connectivity index (χ1v) is 28.4. The van der Waals surface area contributed by atoms with Gasteiger partial charge >= 0.3 is 30.3 Å². The minimum absolute atomic E-state index is 0.0105. The van der Waals surface area contributed by atoms with Gasteiger partial charge < -0.3 is 25.8 Å². The minimum atomic E-state index is -4.78. The van der Waals surface area contributed by atoms with Gasteiger partial charge in [-0.2, -0.15) is 26.3 Å². The van der Waals surface area contributed by atoms with E-state index < -0.39 is 52.2 Å². The van der Waals surface area contributed by atoms with Crippen LogP contribution in [0.25, 0.3) is 0 Å². The van der Waals surface area contributed by atoms with Crippen LogP contribution in [-0.4, -0.2) is 37.2 Å². The van der Waals surface area contributed by atoms with E-state index in [2.05, 4.69) is 10.6 Å². The molecule has 440 valence electrons. The third-order valence-electron chi connectivity index (χ3n) is 14.8. The lowest BCUT2D eigenvalue weighted by molar-refractivity contribution is -0.144. The molecule has 0 spiro atoms. The van der Waals surface area contributed by atoms with Crippen LogP contribution in [-0.2, 0) is 68.2 Å². The third-order valence-corrected chi connectivity index (χ3v) is 14.8. The predicted molar refractivity (Wildman–Crippen MR) is 302 cm³/mol. The Morgan fingerprint density at radius 3 is 1.41 bits per heavy atom. The Bertz CT molecular complexity index is 2970. The van der Waals surface area contributed by atoms with Gasteiger partial charge in [0.15, 0.2) is 0 Å². The van der Waals surface area contributed by atoms with Crippen molar-refractivity contribution in [2.45, 2.75) is 159 Å². The molecule has 2 unspecified atom stereocenters. The fraction of sp³-hybridized carbons (Fsp3) is 0.409. The van der Waals surface area contributed by atoms with Crippen LogP contribution in [0.1, 0.15) is 159 Å². The lowest BCUT2D eigenvalue weighted by atomic mass is 9.76. The molecule has 1 fully saturated rings. The number of benzene rings is 6. The summed E-state index contributed by atoms with van der Waals surface area (Å²) < 4.78 is 122. The van der Waals surface area contributed by atoms with Gasteiger partial charge in [-0.1, -0.05) is 148 Å². The molecule has 4 N–H and O–H groups in total. The van der Waals surface area contributed by atoms with E-state index in [-0.39, 0.29) is 41.9 Å². The molecule has 0 aliphatic heterocycles. The molecule has 0 bridgehead atoms. The van der Waals surface area contributed by atoms with Crippen molar-refractivity contribution in [3.63, 3.8) is 0 Å². The molecule has 0 aromatic heterocycles. The highest BCUT2D eigenvalue weighted by Gasteiger charge is 2.41. The molecular formula is C66H75F8N3O5. The van der Waals surface area contributed by atoms with Crippen LogP contribution < -0.4 is 16.4 Å². The Morgan fingerprint density at radius 1 is 0.488 bits per heavy atom. The van der Waals surface area contributed by atoms with Gasteiger partial charge in [-0.3, -0.25) is 9.59 Å². The topological polar surface area (TPSA) is 120 Å². The summed E-state index contributed by atoms with van der Waals surface area (Å²) in [7, 11) is 0. The van der Waals surface area contributed by atoms with E-state index in [1.54, 1.807) is 26.0 Å². The van der Waals surface area contributed by atoms with Gasteiger partial charge in [0.2, 0.25) is 0 Å². The van der Waals surface area contributed by atoms with Crippen molar-refractivity contribution >= 4 is 18.0 Å². The van der Waals surface area contributed by atoms with Crippen molar-refractivity contribution in [2.24, 2.45) is 5.73 Å². The number of hydrogen-bond acceptors (Lipinski definition) is 6. The van der Waals surface area contributed by atoms with E-state index in [1.165, 1.54) is 0 Å². The van der Waals surface area contributed by atoms with E-state index in [9.17, 15) is 49.5 Å². The van der Waals surface area contributed by atoms with Crippen LogP contribution in [0.4, 0.5) is 39.9 Å². The number of rotatable bonds is 26. The van der Waals surface area contributed by atoms with Crippen LogP contribution in [0.2, 0.25) is 0 Å². The Labute approximate surface area is 476 Å². The number of nitrogens with one attached hydrogen (secondary N) is 2. The number of aryl methyl sites for hydroxylation is 2. The second kappa shape index (κ2) is 30.8. The number of carbonyl (C=O) groups is 3. The summed E-state index contributed by atoms with van der Waals surface area (Å²) in [5.74, 6) is -2.39. The lowest BCUT2D eigenvalue weighted by Crippen LogP contribution is -2.53. The molecular weight excluding hydrogens is 1070 g/mol. The fourth-order valence-electron chi connectivity index (χ4n) is 10.6. The van der Waals surface area contributed by atoms with Crippen molar-refractivity contribution in [1.29, 1.82) is 0 Å². The van der Waals surface area contributed by atoms with Gasteiger partial charge in [0.1, 0.15) is 11.6 Å². The van der Waals surface area contributed by atoms with E-state index in [1.807, 2.05) is 97.1 Å². The number of ether oxygens (including phenoxy) is 2. The molecule has 2 amide bonds. The maximum atomic E-state index is 15.0. The third kappa shape index (κ3) is 19.5. The first kappa shape index (κ1) is 64.1. The summed E-state index contributed by atoms with van der Waals surface area (Å²) in [5.41, 5.74) is 6.62. The fourth-order valence-corrected chi connectivity index (χ4v) is 10.6. The molecule has 16 heteroatoms. The molecule has 8 nitrogen and oxygen atoms in total. The Hall–Kier alpha value is -7.07. The number of urea groups is 1. The van der Waals surface area contributed by atoms with Gasteiger partial charge in [-0.05, 0) is 153 Å². The summed E-state index contributed by atoms with van der Waals surface area (Å²) in [6, 6.07) is 37.8. The molecule has 1 aliphatic rings. The monoisotopic (exact) mass is 1140 g/mol. The van der Waals surface area contributed by atoms with E-state index >= 15 is 0 Å². The summed E-state index contributed by atoms with van der Waals surface area (Å²) in [5, 5.41) is 6.05. The molecule has 82 heavy (non-hydrogen) atoms. The van der Waals surface area contributed by atoms with Crippen LogP contribution >= 0.6 is 0 Å². The maximum Gasteiger partial charge on any atom is 0.416 e. The van der Waals surface area contributed by atoms with Crippen molar-refractivity contribution in [1.82, 2.24) is 10.6 Å². The highest BCUT2D eigenvalue weighted by Crippen LogP contribution is 2.40. The van der Waals surface area contributed by atoms with Gasteiger partial charge in [0.25, 0.3) is 0 Å². The lowest BCUT2D eigenvalue weighted by Gasteiger charge is -2.37. The Kier molecular flexibility index (Phi) is 24.1. The highest BCUT2D eigenvalue weighted by molar-refractivity contribution is 5.77. The van der Waals surface area contributed by atoms with E-state index in [0.717, 1.165) is 130 Å². The zero-order valence-corrected chi connectivity index (χ0v) is 46.7. The van der Waals surface area contributed by atoms with Crippen LogP contribution in [0, 0.1) is 11.6 Å². The molecule has 2 atom stereocenters. The van der Waals surface area contributed by atoms with Gasteiger partial charge in [-0.25, -0.2) is 13.6 Å². The molecule has 6 aromatic rings. The molecule has 0 saturated heterocycles. The molecule has 0 heterocycles. The molecule has 1 saturated carbocycles. The van der Waals surface area contributed by atoms with Crippen molar-refractivity contribution in [3.8, 4) is 0 Å². The largest absolute Gasteiger partial charge is 0.466 e. The predicted octanol–water partition coefficient (Wildman–Crippen LogP) is 16.0. The standard InChI is InChI=1S/C36H42F4N2O3.C30H33F4NO2/c1-2-45-33(43)20-9-4-3-6-13-26-16-12-17-28(21-26)35(25-27-14-7-5-8-15-27,42-34(44)41-32-18-10-11-19-32)29-22-30(36(38,39)40)24-31(37)23-29;1-2-37-28(36)16-9-4-3-6-11-22-14-10-15-24(17-22)29(35,21-23-12-7-5-8-13-23)25-18-26(30(32,33)34)20-27(31)19-25/h5,7-8,12,14-17,21-24,32H,2-4,6,9-11,13,18-20,25H2,1H3,(H2,41,42,44);5,7-8,10,12-15,17-20H,2-4,6,9,11,16,21,35H2,1H3. The second-order valence-corrected chi connectivity index (χ2v) is 21.1. The van der Waals surface area contributed by atoms with Crippen LogP contribution in [0.3, 0.4) is 0 Å². The Morgan fingerprint density at radius 2 is 0.915 bits per heavy atom. The smallest absolute Gasteiger partial charge is 0.416 e. The zero-order chi connectivity index (χ0) is 59.2. The Balaban J connectivity index is 0.000000269. The van der Waals surface area contributed by atoms with Crippen LogP contribution in [0.5, 0.6) is 0 Å². The quantitative estimate of drug-likeness (QED) is 0.0283. The number of nitrogens with two attached hydrogens (primary N) is 1. The van der Waals surface area contributed by atoms with E-state index in [4.69, 9.17) is 15.2 Å². The number of unbranched alkanes of at least 4 members (excludes halogenated alkanes) is 6. The summed E-state index contributed by atoms with van der Waals surface area (Å²) >= 11 is 0. The number of halogens is 8. The normalized spacial score (nSPS) is 14.2. The number of hydrogen-bond donors (Lipinski definition) is 3. The van der Waals surface area contributed by atoms with Crippen molar-refractivity contribution in [2.75, 3.05) is 13.2 Å². The molecule has 7 rings (SSSR count). The number of esters is 2. The molecule has 1 aliphatic carbocycles. The van der Waals surface area contributed by atoms with E-state index in [0.29, 0.717) is 55.7 Å². The van der Waals surface area contributed by atoms with Crippen LogP contribution in [0.15, 0.2) is 146 Å². The highest BCUT2D eigenvalue weighted by atomic mass is 19.4.